The van der Waals surface area contributed by atoms with E-state index in [-0.39, 0.29) is 40.7 Å². The highest BCUT2D eigenvalue weighted by Crippen LogP contribution is 2.39. The molecule has 1 aliphatic heterocycles. The molecule has 39 heavy (non-hydrogen) atoms. The molecule has 0 bridgehead atoms. The number of imide groups is 1. The minimum atomic E-state index is -4.44. The molecule has 1 aliphatic rings. The Hall–Kier alpha value is -3.86. The molecule has 7 nitrogen and oxygen atoms in total. The smallest absolute Gasteiger partial charge is 0.310 e. The van der Waals surface area contributed by atoms with Crippen molar-refractivity contribution in [3.63, 3.8) is 0 Å². The molecule has 3 aromatic rings. The molecule has 1 aromatic heterocycles. The van der Waals surface area contributed by atoms with E-state index >= 15 is 0 Å². The zero-order valence-corrected chi connectivity index (χ0v) is 22.3. The van der Waals surface area contributed by atoms with E-state index in [1.54, 1.807) is 26.0 Å². The molecular weight excluding hydrogens is 529 g/mol. The van der Waals surface area contributed by atoms with E-state index in [2.05, 4.69) is 10.3 Å². The molecule has 1 saturated heterocycles. The molecule has 1 unspecified atom stereocenters. The summed E-state index contributed by atoms with van der Waals surface area (Å²) in [4.78, 5) is 46.1. The van der Waals surface area contributed by atoms with Crippen molar-refractivity contribution in [2.45, 2.75) is 55.6 Å². The summed E-state index contributed by atoms with van der Waals surface area (Å²) in [5.74, 6) is -0.750. The van der Waals surface area contributed by atoms with Gasteiger partial charge in [0, 0.05) is 17.6 Å². The SMILES string of the molecule is CCC(C(=O)Nc1cc(CN2C(=O)N(c3ccc(SC(F)(F)F)cc3)C(=O)C2(C)C)ccn1)c1ccccc1. The highest BCUT2D eigenvalue weighted by atomic mass is 32.2. The quantitative estimate of drug-likeness (QED) is 0.251. The van der Waals surface area contributed by atoms with Crippen molar-refractivity contribution in [2.75, 3.05) is 10.2 Å². The largest absolute Gasteiger partial charge is 0.446 e. The number of alkyl halides is 3. The first-order valence-electron chi connectivity index (χ1n) is 12.2. The first kappa shape index (κ1) is 28.2. The standard InChI is InChI=1S/C28H27F3N4O3S/c1-4-22(19-8-6-5-7-9-19)24(36)33-23-16-18(14-15-32-23)17-34-26(38)35(25(37)27(34,2)3)20-10-12-21(13-11-20)39-28(29,30)31/h5-16,22H,4,17H2,1-3H3,(H,32,33,36). The minimum absolute atomic E-state index is 0.0506. The lowest BCUT2D eigenvalue weighted by Gasteiger charge is -2.27. The number of rotatable bonds is 8. The van der Waals surface area contributed by atoms with Crippen LogP contribution in [0.2, 0.25) is 0 Å². The number of nitrogens with one attached hydrogen (secondary N) is 1. The van der Waals surface area contributed by atoms with Crippen LogP contribution in [0.5, 0.6) is 0 Å². The van der Waals surface area contributed by atoms with Crippen molar-refractivity contribution in [2.24, 2.45) is 0 Å². The molecule has 0 radical (unpaired) electrons. The van der Waals surface area contributed by atoms with Gasteiger partial charge in [0.2, 0.25) is 5.91 Å². The average Bonchev–Trinajstić information content (AvgIpc) is 3.04. The number of benzene rings is 2. The van der Waals surface area contributed by atoms with Crippen molar-refractivity contribution in [1.29, 1.82) is 0 Å². The maximum absolute atomic E-state index is 13.4. The summed E-state index contributed by atoms with van der Waals surface area (Å²) in [5, 5.41) is 2.84. The molecule has 4 rings (SSSR count). The number of halogens is 3. The van der Waals surface area contributed by atoms with E-state index in [0.29, 0.717) is 17.8 Å². The number of pyridine rings is 1. The topological polar surface area (TPSA) is 82.6 Å². The number of aromatic nitrogens is 1. The summed E-state index contributed by atoms with van der Waals surface area (Å²) in [6.07, 6.45) is 2.11. The van der Waals surface area contributed by atoms with E-state index in [1.165, 1.54) is 35.4 Å². The summed E-state index contributed by atoms with van der Waals surface area (Å²) in [7, 11) is 0. The molecule has 2 heterocycles. The van der Waals surface area contributed by atoms with Gasteiger partial charge in [0.15, 0.2) is 0 Å². The van der Waals surface area contributed by atoms with Crippen molar-refractivity contribution in [3.05, 3.63) is 84.1 Å². The molecule has 2 aromatic carbocycles. The lowest BCUT2D eigenvalue weighted by Crippen LogP contribution is -2.43. The number of carbonyl (C=O) groups is 3. The third-order valence-electron chi connectivity index (χ3n) is 6.49. The van der Waals surface area contributed by atoms with Crippen molar-refractivity contribution < 1.29 is 27.6 Å². The van der Waals surface area contributed by atoms with Gasteiger partial charge in [0.1, 0.15) is 11.4 Å². The molecule has 1 fully saturated rings. The lowest BCUT2D eigenvalue weighted by atomic mass is 9.96. The van der Waals surface area contributed by atoms with Crippen LogP contribution in [0.1, 0.15) is 44.2 Å². The van der Waals surface area contributed by atoms with E-state index < -0.39 is 23.0 Å². The first-order chi connectivity index (χ1) is 18.4. The molecule has 1 atom stereocenters. The molecule has 4 amide bonds. The van der Waals surface area contributed by atoms with Gasteiger partial charge in [-0.05, 0) is 79.6 Å². The Balaban J connectivity index is 1.50. The molecule has 11 heteroatoms. The monoisotopic (exact) mass is 556 g/mol. The number of nitrogens with zero attached hydrogens (tertiary/aromatic N) is 3. The van der Waals surface area contributed by atoms with Gasteiger partial charge in [-0.25, -0.2) is 14.7 Å². The predicted octanol–water partition coefficient (Wildman–Crippen LogP) is 6.57. The van der Waals surface area contributed by atoms with Gasteiger partial charge in [-0.2, -0.15) is 13.2 Å². The second kappa shape index (κ2) is 11.1. The summed E-state index contributed by atoms with van der Waals surface area (Å²) >= 11 is -0.272. The van der Waals surface area contributed by atoms with E-state index in [1.807, 2.05) is 37.3 Å². The normalized spacial score (nSPS) is 15.9. The average molecular weight is 557 g/mol. The summed E-state index contributed by atoms with van der Waals surface area (Å²) < 4.78 is 38.0. The van der Waals surface area contributed by atoms with Crippen molar-refractivity contribution >= 4 is 41.1 Å². The fraction of sp³-hybridized carbons (Fsp3) is 0.286. The molecule has 0 saturated carbocycles. The summed E-state index contributed by atoms with van der Waals surface area (Å²) in [5.41, 5.74) is -3.95. The molecule has 204 valence electrons. The van der Waals surface area contributed by atoms with Gasteiger partial charge in [-0.1, -0.05) is 37.3 Å². The number of anilines is 2. The Morgan fingerprint density at radius 2 is 1.72 bits per heavy atom. The van der Waals surface area contributed by atoms with Crippen molar-refractivity contribution in [3.8, 4) is 0 Å². The zero-order valence-electron chi connectivity index (χ0n) is 21.5. The number of amides is 4. The van der Waals surface area contributed by atoms with Gasteiger partial charge >= 0.3 is 11.5 Å². The number of thioether (sulfide) groups is 1. The van der Waals surface area contributed by atoms with E-state index in [4.69, 9.17) is 0 Å². The van der Waals surface area contributed by atoms with Gasteiger partial charge in [-0.3, -0.25) is 9.59 Å². The summed E-state index contributed by atoms with van der Waals surface area (Å²) in [6.45, 7) is 5.19. The Morgan fingerprint density at radius 3 is 2.33 bits per heavy atom. The van der Waals surface area contributed by atoms with Crippen LogP contribution in [0.3, 0.4) is 0 Å². The lowest BCUT2D eigenvalue weighted by molar-refractivity contribution is -0.123. The van der Waals surface area contributed by atoms with Crippen LogP contribution < -0.4 is 10.2 Å². The van der Waals surface area contributed by atoms with Crippen LogP contribution in [-0.4, -0.2) is 38.8 Å². The Labute approximate surface area is 228 Å². The second-order valence-corrected chi connectivity index (χ2v) is 10.7. The second-order valence-electron chi connectivity index (χ2n) is 9.52. The summed E-state index contributed by atoms with van der Waals surface area (Å²) in [6, 6.07) is 17.2. The minimum Gasteiger partial charge on any atom is -0.310 e. The van der Waals surface area contributed by atoms with Crippen LogP contribution >= 0.6 is 11.8 Å². The van der Waals surface area contributed by atoms with Gasteiger partial charge < -0.3 is 10.2 Å². The molecule has 0 aliphatic carbocycles. The Kier molecular flexibility index (Phi) is 8.01. The van der Waals surface area contributed by atoms with Crippen LogP contribution in [0, 0.1) is 0 Å². The van der Waals surface area contributed by atoms with Gasteiger partial charge in [0.05, 0.1) is 11.6 Å². The van der Waals surface area contributed by atoms with Crippen molar-refractivity contribution in [1.82, 2.24) is 9.88 Å². The maximum Gasteiger partial charge on any atom is 0.446 e. The Morgan fingerprint density at radius 1 is 1.05 bits per heavy atom. The van der Waals surface area contributed by atoms with Gasteiger partial charge in [-0.15, -0.1) is 0 Å². The van der Waals surface area contributed by atoms with Crippen LogP contribution in [0.4, 0.5) is 29.5 Å². The highest BCUT2D eigenvalue weighted by molar-refractivity contribution is 8.00. The molecule has 0 spiro atoms. The fourth-order valence-electron chi connectivity index (χ4n) is 4.42. The first-order valence-corrected chi connectivity index (χ1v) is 13.0. The molecular formula is C28H27F3N4O3S. The third-order valence-corrected chi connectivity index (χ3v) is 7.23. The van der Waals surface area contributed by atoms with E-state index in [0.717, 1.165) is 10.5 Å². The number of carbonyl (C=O) groups excluding carboxylic acids is 3. The van der Waals surface area contributed by atoms with E-state index in [9.17, 15) is 27.6 Å². The van der Waals surface area contributed by atoms with Crippen LogP contribution in [0.15, 0.2) is 77.8 Å². The van der Waals surface area contributed by atoms with Gasteiger partial charge in [0.25, 0.3) is 5.91 Å². The highest BCUT2D eigenvalue weighted by Gasteiger charge is 2.51. The third kappa shape index (κ3) is 6.25. The molecule has 1 N–H and O–H groups in total. The maximum atomic E-state index is 13.4. The number of urea groups is 1. The van der Waals surface area contributed by atoms with Crippen LogP contribution in [-0.2, 0) is 16.1 Å². The fourth-order valence-corrected chi connectivity index (χ4v) is 4.96. The number of hydrogen-bond donors (Lipinski definition) is 1. The number of hydrogen-bond acceptors (Lipinski definition) is 5. The van der Waals surface area contributed by atoms with Crippen LogP contribution in [0.25, 0.3) is 0 Å². The Bertz CT molecular complexity index is 1360. The predicted molar refractivity (Wildman–Crippen MR) is 143 cm³/mol. The zero-order chi connectivity index (χ0) is 28.4.